The molecule has 0 radical (unpaired) electrons. The third-order valence-electron chi connectivity index (χ3n) is 4.32. The molecule has 30 heavy (non-hydrogen) atoms. The van der Waals surface area contributed by atoms with Crippen molar-refractivity contribution in [2.45, 2.75) is 30.1 Å². The number of esters is 1. The SMILES string of the molecule is CCOC(=O)Cc1csc(SCC(=O)N2N=C(c3ccco3)C[C@@H]2c2ccco2)n1. The van der Waals surface area contributed by atoms with Crippen LogP contribution >= 0.6 is 23.1 Å². The van der Waals surface area contributed by atoms with Crippen LogP contribution < -0.4 is 0 Å². The van der Waals surface area contributed by atoms with Crippen LogP contribution in [0.4, 0.5) is 0 Å². The van der Waals surface area contributed by atoms with Crippen molar-refractivity contribution in [2.24, 2.45) is 5.10 Å². The Bertz CT molecular complexity index is 1030. The predicted octanol–water partition coefficient (Wildman–Crippen LogP) is 3.90. The Kier molecular flexibility index (Phi) is 6.34. The van der Waals surface area contributed by atoms with Crippen LogP contribution in [-0.4, -0.2) is 39.9 Å². The number of ether oxygens (including phenoxy) is 1. The summed E-state index contributed by atoms with van der Waals surface area (Å²) in [5, 5.41) is 7.76. The molecule has 10 heteroatoms. The van der Waals surface area contributed by atoms with Gasteiger partial charge in [0.05, 0.1) is 37.0 Å². The van der Waals surface area contributed by atoms with Gasteiger partial charge in [0, 0.05) is 11.8 Å². The highest BCUT2D eigenvalue weighted by Crippen LogP contribution is 2.34. The zero-order valence-electron chi connectivity index (χ0n) is 16.1. The summed E-state index contributed by atoms with van der Waals surface area (Å²) < 4.78 is 16.6. The van der Waals surface area contributed by atoms with E-state index in [4.69, 9.17) is 13.6 Å². The summed E-state index contributed by atoms with van der Waals surface area (Å²) >= 11 is 2.71. The molecule has 0 saturated heterocycles. The first-order valence-electron chi connectivity index (χ1n) is 9.33. The largest absolute Gasteiger partial charge is 0.467 e. The van der Waals surface area contributed by atoms with Gasteiger partial charge >= 0.3 is 5.97 Å². The van der Waals surface area contributed by atoms with Gasteiger partial charge in [0.15, 0.2) is 4.34 Å². The lowest BCUT2D eigenvalue weighted by atomic mass is 10.1. The van der Waals surface area contributed by atoms with E-state index >= 15 is 0 Å². The van der Waals surface area contributed by atoms with Crippen LogP contribution in [0.5, 0.6) is 0 Å². The average Bonchev–Trinajstić information content (AvgIpc) is 3.53. The maximum absolute atomic E-state index is 12.9. The summed E-state index contributed by atoms with van der Waals surface area (Å²) in [5.41, 5.74) is 1.34. The van der Waals surface area contributed by atoms with Gasteiger partial charge < -0.3 is 13.6 Å². The Labute approximate surface area is 180 Å². The molecular formula is C20H19N3O5S2. The number of amides is 1. The Morgan fingerprint density at radius 1 is 1.30 bits per heavy atom. The lowest BCUT2D eigenvalue weighted by Gasteiger charge is -2.19. The number of aromatic nitrogens is 1. The molecule has 3 aromatic rings. The molecule has 0 fully saturated rings. The van der Waals surface area contributed by atoms with Crippen LogP contribution in [0.1, 0.15) is 36.6 Å². The van der Waals surface area contributed by atoms with Crippen LogP contribution in [-0.2, 0) is 20.7 Å². The monoisotopic (exact) mass is 445 g/mol. The van der Waals surface area contributed by atoms with Gasteiger partial charge in [-0.1, -0.05) is 11.8 Å². The van der Waals surface area contributed by atoms with E-state index in [1.54, 1.807) is 37.0 Å². The number of rotatable bonds is 8. The number of hydrazone groups is 1. The van der Waals surface area contributed by atoms with Crippen molar-refractivity contribution in [3.05, 3.63) is 59.4 Å². The van der Waals surface area contributed by atoms with E-state index in [9.17, 15) is 9.59 Å². The molecule has 4 heterocycles. The van der Waals surface area contributed by atoms with Crippen LogP contribution in [0.3, 0.4) is 0 Å². The molecule has 1 atom stereocenters. The minimum absolute atomic E-state index is 0.127. The lowest BCUT2D eigenvalue weighted by Crippen LogP contribution is -2.28. The summed E-state index contributed by atoms with van der Waals surface area (Å²) in [4.78, 5) is 28.9. The first-order chi connectivity index (χ1) is 14.6. The van der Waals surface area contributed by atoms with E-state index in [1.807, 2.05) is 12.1 Å². The van der Waals surface area contributed by atoms with Gasteiger partial charge in [0.25, 0.3) is 5.91 Å². The molecule has 8 nitrogen and oxygen atoms in total. The standard InChI is InChI=1S/C20H19N3O5S2/c1-2-26-19(25)9-13-11-29-20(21-13)30-12-18(24)23-15(17-6-4-8-28-17)10-14(22-23)16-5-3-7-27-16/h3-8,11,15H,2,9-10,12H2,1H3/t15-/m1/s1. The Morgan fingerprint density at radius 2 is 2.13 bits per heavy atom. The molecule has 1 amide bonds. The first kappa shape index (κ1) is 20.4. The highest BCUT2D eigenvalue weighted by molar-refractivity contribution is 8.01. The summed E-state index contributed by atoms with van der Waals surface area (Å²) in [6, 6.07) is 6.92. The molecule has 0 N–H and O–H groups in total. The number of thiazole rings is 1. The zero-order chi connectivity index (χ0) is 20.9. The second-order valence-corrected chi connectivity index (χ2v) is 8.45. The number of carbonyl (C=O) groups excluding carboxylic acids is 2. The lowest BCUT2D eigenvalue weighted by molar-refractivity contribution is -0.142. The molecule has 3 aromatic heterocycles. The fourth-order valence-electron chi connectivity index (χ4n) is 3.02. The van der Waals surface area contributed by atoms with Gasteiger partial charge in [0.1, 0.15) is 23.3 Å². The van der Waals surface area contributed by atoms with Gasteiger partial charge in [-0.05, 0) is 31.2 Å². The average molecular weight is 446 g/mol. The smallest absolute Gasteiger partial charge is 0.311 e. The van der Waals surface area contributed by atoms with Gasteiger partial charge in [-0.3, -0.25) is 9.59 Å². The fraction of sp³-hybridized carbons (Fsp3) is 0.300. The molecule has 0 bridgehead atoms. The maximum atomic E-state index is 12.9. The molecule has 0 aliphatic carbocycles. The van der Waals surface area contributed by atoms with E-state index in [-0.39, 0.29) is 30.1 Å². The quantitative estimate of drug-likeness (QED) is 0.383. The number of nitrogens with zero attached hydrogens (tertiary/aromatic N) is 3. The third-order valence-corrected chi connectivity index (χ3v) is 6.38. The number of carbonyl (C=O) groups is 2. The van der Waals surface area contributed by atoms with Gasteiger partial charge in [0.2, 0.25) is 0 Å². The molecule has 1 aliphatic heterocycles. The van der Waals surface area contributed by atoms with Crippen molar-refractivity contribution < 1.29 is 23.2 Å². The molecule has 156 valence electrons. The van der Waals surface area contributed by atoms with Crippen LogP contribution in [0, 0.1) is 0 Å². The number of hydrogen-bond donors (Lipinski definition) is 0. The Hall–Kier alpha value is -2.85. The maximum Gasteiger partial charge on any atom is 0.311 e. The van der Waals surface area contributed by atoms with Crippen LogP contribution in [0.25, 0.3) is 0 Å². The summed E-state index contributed by atoms with van der Waals surface area (Å²) in [6.07, 6.45) is 3.80. The Morgan fingerprint density at radius 3 is 2.87 bits per heavy atom. The van der Waals surface area contributed by atoms with E-state index in [1.165, 1.54) is 28.1 Å². The molecule has 4 rings (SSSR count). The van der Waals surface area contributed by atoms with Crippen molar-refractivity contribution in [2.75, 3.05) is 12.4 Å². The van der Waals surface area contributed by atoms with Gasteiger partial charge in [-0.15, -0.1) is 11.3 Å². The molecular weight excluding hydrogens is 426 g/mol. The van der Waals surface area contributed by atoms with Crippen molar-refractivity contribution in [1.29, 1.82) is 0 Å². The normalized spacial score (nSPS) is 16.0. The van der Waals surface area contributed by atoms with Gasteiger partial charge in [-0.2, -0.15) is 5.10 Å². The highest BCUT2D eigenvalue weighted by Gasteiger charge is 2.35. The summed E-state index contributed by atoms with van der Waals surface area (Å²) in [5.74, 6) is 1.000. The van der Waals surface area contributed by atoms with Crippen molar-refractivity contribution in [3.8, 4) is 0 Å². The van der Waals surface area contributed by atoms with Crippen LogP contribution in [0.2, 0.25) is 0 Å². The van der Waals surface area contributed by atoms with E-state index in [0.717, 1.165) is 0 Å². The topological polar surface area (TPSA) is 98.1 Å². The molecule has 0 saturated carbocycles. The van der Waals surface area contributed by atoms with Gasteiger partial charge in [-0.25, -0.2) is 9.99 Å². The summed E-state index contributed by atoms with van der Waals surface area (Å²) in [7, 11) is 0. The van der Waals surface area contributed by atoms with E-state index in [0.29, 0.717) is 40.3 Å². The fourth-order valence-corrected chi connectivity index (χ4v) is 4.72. The summed E-state index contributed by atoms with van der Waals surface area (Å²) in [6.45, 7) is 2.10. The van der Waals surface area contributed by atoms with Crippen molar-refractivity contribution in [3.63, 3.8) is 0 Å². The second-order valence-electron chi connectivity index (χ2n) is 6.37. The number of thioether (sulfide) groups is 1. The second kappa shape index (κ2) is 9.31. The minimum Gasteiger partial charge on any atom is -0.467 e. The van der Waals surface area contributed by atoms with E-state index in [2.05, 4.69) is 10.1 Å². The van der Waals surface area contributed by atoms with Crippen molar-refractivity contribution in [1.82, 2.24) is 9.99 Å². The first-order valence-corrected chi connectivity index (χ1v) is 11.2. The van der Waals surface area contributed by atoms with Crippen LogP contribution in [0.15, 0.2) is 60.4 Å². The van der Waals surface area contributed by atoms with Crippen molar-refractivity contribution >= 4 is 40.7 Å². The highest BCUT2D eigenvalue weighted by atomic mass is 32.2. The molecule has 0 unspecified atom stereocenters. The zero-order valence-corrected chi connectivity index (χ0v) is 17.8. The number of hydrogen-bond acceptors (Lipinski definition) is 9. The molecule has 1 aliphatic rings. The Balaban J connectivity index is 1.42. The molecule has 0 aromatic carbocycles. The number of furan rings is 2. The molecule has 0 spiro atoms. The third kappa shape index (κ3) is 4.65. The predicted molar refractivity (Wildman–Crippen MR) is 111 cm³/mol. The minimum atomic E-state index is -0.316. The van der Waals surface area contributed by atoms with E-state index < -0.39 is 0 Å².